The number of hydrogen-bond acceptors (Lipinski definition) is 3. The molecule has 0 atom stereocenters. The number of hydrogen-bond donors (Lipinski definition) is 3. The van der Waals surface area contributed by atoms with Crippen LogP contribution in [-0.2, 0) is 10.2 Å². The summed E-state index contributed by atoms with van der Waals surface area (Å²) in [6.45, 7) is 5.85. The molecule has 110 valence electrons. The van der Waals surface area contributed by atoms with Gasteiger partial charge in [-0.2, -0.15) is 13.1 Å². The summed E-state index contributed by atoms with van der Waals surface area (Å²) in [7, 11) is -3.58. The van der Waals surface area contributed by atoms with E-state index in [-0.39, 0.29) is 12.5 Å². The molecule has 0 aliphatic carbocycles. The third kappa shape index (κ3) is 6.06. The van der Waals surface area contributed by atoms with Crippen LogP contribution in [0.15, 0.2) is 18.2 Å². The summed E-state index contributed by atoms with van der Waals surface area (Å²) in [6.07, 6.45) is 0. The molecule has 3 N–H and O–H groups in total. The number of benzene rings is 1. The first-order valence-electron chi connectivity index (χ1n) is 6.31. The summed E-state index contributed by atoms with van der Waals surface area (Å²) in [6, 6.07) is 5.17. The highest BCUT2D eigenvalue weighted by Crippen LogP contribution is 2.15. The zero-order valence-electron chi connectivity index (χ0n) is 11.9. The second-order valence-electron chi connectivity index (χ2n) is 4.90. The van der Waals surface area contributed by atoms with E-state index in [0.29, 0.717) is 17.8 Å². The molecule has 5 nitrogen and oxygen atoms in total. The van der Waals surface area contributed by atoms with Crippen LogP contribution in [0.1, 0.15) is 25.0 Å². The molecule has 0 amide bonds. The maximum atomic E-state index is 11.8. The van der Waals surface area contributed by atoms with Gasteiger partial charge in [0.05, 0.1) is 5.69 Å². The molecule has 0 spiro atoms. The van der Waals surface area contributed by atoms with Gasteiger partial charge in [-0.1, -0.05) is 25.7 Å². The molecule has 1 aromatic carbocycles. The minimum atomic E-state index is -3.58. The lowest BCUT2D eigenvalue weighted by Gasteiger charge is -2.11. The number of rotatable bonds is 5. The highest BCUT2D eigenvalue weighted by Gasteiger charge is 2.10. The molecule has 0 heterocycles. The van der Waals surface area contributed by atoms with Gasteiger partial charge < -0.3 is 5.11 Å². The van der Waals surface area contributed by atoms with Crippen molar-refractivity contribution in [1.82, 2.24) is 4.72 Å². The minimum absolute atomic E-state index is 0.231. The quantitative estimate of drug-likeness (QED) is 0.715. The summed E-state index contributed by atoms with van der Waals surface area (Å²) in [5, 5.41) is 8.68. The zero-order chi connectivity index (χ0) is 15.2. The number of aliphatic hydroxyl groups is 1. The number of anilines is 1. The first kappa shape index (κ1) is 16.5. The lowest BCUT2D eigenvalue weighted by atomic mass is 10.1. The Morgan fingerprint density at radius 1 is 1.30 bits per heavy atom. The Kier molecular flexibility index (Phi) is 6.02. The fraction of sp³-hybridized carbons (Fsp3) is 0.429. The van der Waals surface area contributed by atoms with Crippen LogP contribution in [0.3, 0.4) is 0 Å². The van der Waals surface area contributed by atoms with Crippen LogP contribution in [0, 0.1) is 24.7 Å². The van der Waals surface area contributed by atoms with Crippen LogP contribution in [-0.4, -0.2) is 26.7 Å². The van der Waals surface area contributed by atoms with Crippen molar-refractivity contribution in [2.45, 2.75) is 20.8 Å². The molecule has 0 saturated heterocycles. The molecule has 0 aromatic heterocycles. The van der Waals surface area contributed by atoms with Crippen molar-refractivity contribution >= 4 is 15.9 Å². The molecule has 0 bridgehead atoms. The van der Waals surface area contributed by atoms with Gasteiger partial charge in [0.2, 0.25) is 0 Å². The van der Waals surface area contributed by atoms with Crippen LogP contribution in [0.25, 0.3) is 0 Å². The molecule has 0 radical (unpaired) electrons. The Balaban J connectivity index is 2.89. The highest BCUT2D eigenvalue weighted by atomic mass is 32.2. The average Bonchev–Trinajstić information content (AvgIpc) is 2.33. The molecular weight excluding hydrogens is 276 g/mol. The summed E-state index contributed by atoms with van der Waals surface area (Å²) in [5.74, 6) is 5.52. The van der Waals surface area contributed by atoms with Gasteiger partial charge in [-0.3, -0.25) is 4.72 Å². The van der Waals surface area contributed by atoms with E-state index in [0.717, 1.165) is 5.56 Å². The summed E-state index contributed by atoms with van der Waals surface area (Å²) in [4.78, 5) is 0. The molecule has 6 heteroatoms. The van der Waals surface area contributed by atoms with E-state index in [1.54, 1.807) is 12.1 Å². The third-order valence-electron chi connectivity index (χ3n) is 2.32. The zero-order valence-corrected chi connectivity index (χ0v) is 12.7. The van der Waals surface area contributed by atoms with E-state index in [1.165, 1.54) is 0 Å². The Hall–Kier alpha value is -1.55. The van der Waals surface area contributed by atoms with Crippen LogP contribution in [0.4, 0.5) is 5.69 Å². The first-order valence-corrected chi connectivity index (χ1v) is 7.79. The van der Waals surface area contributed by atoms with E-state index in [1.807, 2.05) is 26.8 Å². The van der Waals surface area contributed by atoms with E-state index in [9.17, 15) is 8.42 Å². The van der Waals surface area contributed by atoms with Crippen LogP contribution in [0.5, 0.6) is 0 Å². The van der Waals surface area contributed by atoms with E-state index < -0.39 is 10.2 Å². The third-order valence-corrected chi connectivity index (χ3v) is 3.37. The van der Waals surface area contributed by atoms with Crippen molar-refractivity contribution in [2.75, 3.05) is 17.9 Å². The Morgan fingerprint density at radius 3 is 2.60 bits per heavy atom. The fourth-order valence-corrected chi connectivity index (χ4v) is 2.58. The molecule has 0 aliphatic rings. The van der Waals surface area contributed by atoms with Gasteiger partial charge in [-0.15, -0.1) is 0 Å². The molecule has 1 rings (SSSR count). The second-order valence-corrected chi connectivity index (χ2v) is 6.40. The average molecular weight is 296 g/mol. The van der Waals surface area contributed by atoms with Crippen LogP contribution in [0.2, 0.25) is 0 Å². The van der Waals surface area contributed by atoms with Gasteiger partial charge in [-0.25, -0.2) is 0 Å². The number of aliphatic hydroxyl groups excluding tert-OH is 1. The largest absolute Gasteiger partial charge is 0.384 e. The summed E-state index contributed by atoms with van der Waals surface area (Å²) >= 11 is 0. The molecule has 20 heavy (non-hydrogen) atoms. The fourth-order valence-electron chi connectivity index (χ4n) is 1.52. The molecule has 0 saturated carbocycles. The van der Waals surface area contributed by atoms with Gasteiger partial charge in [0.15, 0.2) is 0 Å². The summed E-state index contributed by atoms with van der Waals surface area (Å²) in [5.41, 5.74) is 1.99. The van der Waals surface area contributed by atoms with E-state index in [4.69, 9.17) is 5.11 Å². The van der Waals surface area contributed by atoms with Crippen molar-refractivity contribution in [1.29, 1.82) is 0 Å². The van der Waals surface area contributed by atoms with Crippen molar-refractivity contribution in [3.05, 3.63) is 29.3 Å². The number of nitrogens with one attached hydrogen (secondary N) is 2. The Morgan fingerprint density at radius 2 is 2.00 bits per heavy atom. The standard InChI is InChI=1S/C14H20N2O3S/c1-11(2)10-15-20(18,19)16-14-8-12(3)7-13(9-14)5-4-6-17/h7-9,11,15-17H,6,10H2,1-3H3. The highest BCUT2D eigenvalue weighted by molar-refractivity contribution is 7.90. The molecular formula is C14H20N2O3S. The summed E-state index contributed by atoms with van der Waals surface area (Å²) < 4.78 is 28.6. The second kappa shape index (κ2) is 7.29. The van der Waals surface area contributed by atoms with Crippen molar-refractivity contribution in [3.8, 4) is 11.8 Å². The van der Waals surface area contributed by atoms with Gasteiger partial charge in [-0.05, 0) is 36.6 Å². The molecule has 1 aromatic rings. The molecule has 0 fully saturated rings. The smallest absolute Gasteiger partial charge is 0.299 e. The van der Waals surface area contributed by atoms with Crippen molar-refractivity contribution < 1.29 is 13.5 Å². The minimum Gasteiger partial charge on any atom is -0.384 e. The lowest BCUT2D eigenvalue weighted by Crippen LogP contribution is -2.32. The normalized spacial score (nSPS) is 11.1. The maximum absolute atomic E-state index is 11.8. The topological polar surface area (TPSA) is 78.4 Å². The van der Waals surface area contributed by atoms with Crippen LogP contribution >= 0.6 is 0 Å². The molecule has 0 aliphatic heterocycles. The van der Waals surface area contributed by atoms with Gasteiger partial charge >= 0.3 is 0 Å². The number of aryl methyl sites for hydroxylation is 1. The van der Waals surface area contributed by atoms with E-state index >= 15 is 0 Å². The maximum Gasteiger partial charge on any atom is 0.299 e. The Labute approximate surface area is 120 Å². The predicted octanol–water partition coefficient (Wildman–Crippen LogP) is 1.24. The van der Waals surface area contributed by atoms with Gasteiger partial charge in [0.25, 0.3) is 10.2 Å². The van der Waals surface area contributed by atoms with E-state index in [2.05, 4.69) is 21.3 Å². The van der Waals surface area contributed by atoms with Gasteiger partial charge in [0, 0.05) is 12.1 Å². The lowest BCUT2D eigenvalue weighted by molar-refractivity contribution is 0.350. The van der Waals surface area contributed by atoms with Gasteiger partial charge in [0.1, 0.15) is 6.61 Å². The van der Waals surface area contributed by atoms with Crippen LogP contribution < -0.4 is 9.44 Å². The molecule has 0 unspecified atom stereocenters. The SMILES string of the molecule is Cc1cc(C#CCO)cc(NS(=O)(=O)NCC(C)C)c1. The first-order chi connectivity index (χ1) is 9.32. The predicted molar refractivity (Wildman–Crippen MR) is 80.5 cm³/mol. The van der Waals surface area contributed by atoms with Crippen molar-refractivity contribution in [2.24, 2.45) is 5.92 Å². The van der Waals surface area contributed by atoms with Crippen molar-refractivity contribution in [3.63, 3.8) is 0 Å². The monoisotopic (exact) mass is 296 g/mol. The Bertz CT molecular complexity index is 613.